The van der Waals surface area contributed by atoms with Crippen LogP contribution in [0.3, 0.4) is 0 Å². The summed E-state index contributed by atoms with van der Waals surface area (Å²) >= 11 is 6.05. The molecule has 4 nitrogen and oxygen atoms in total. The van der Waals surface area contributed by atoms with Gasteiger partial charge in [0.2, 0.25) is 0 Å². The molecule has 20 heavy (non-hydrogen) atoms. The summed E-state index contributed by atoms with van der Waals surface area (Å²) in [5.74, 6) is 2.09. The van der Waals surface area contributed by atoms with E-state index in [0.717, 1.165) is 23.4 Å². The molecule has 0 aliphatic carbocycles. The summed E-state index contributed by atoms with van der Waals surface area (Å²) in [4.78, 5) is 11.3. The van der Waals surface area contributed by atoms with Gasteiger partial charge < -0.3 is 9.47 Å². The number of hydrogen-bond donors (Lipinski definition) is 0. The summed E-state index contributed by atoms with van der Waals surface area (Å²) in [6.45, 7) is 7.92. The maximum Gasteiger partial charge on any atom is 0.124 e. The van der Waals surface area contributed by atoms with E-state index >= 15 is 0 Å². The van der Waals surface area contributed by atoms with E-state index < -0.39 is 0 Å². The molecule has 108 valence electrons. The van der Waals surface area contributed by atoms with E-state index in [1.54, 1.807) is 0 Å². The molecule has 3 rings (SSSR count). The van der Waals surface area contributed by atoms with Gasteiger partial charge in [-0.05, 0) is 38.8 Å². The lowest BCUT2D eigenvalue weighted by Crippen LogP contribution is -2.28. The van der Waals surface area contributed by atoms with Gasteiger partial charge in [0.05, 0.1) is 17.6 Å². The standard InChI is InChI=1S/C15H21ClN4/c1-11(2)19-6-4-12(9-19)10-20-14-3-5-17-8-13(14)18-15(20)7-16/h3,5,8,11-12H,4,6-7,9-10H2,1-2H3. The minimum absolute atomic E-state index is 0.454. The molecular weight excluding hydrogens is 272 g/mol. The molecule has 5 heteroatoms. The van der Waals surface area contributed by atoms with Crippen LogP contribution in [0.1, 0.15) is 26.1 Å². The van der Waals surface area contributed by atoms with Crippen LogP contribution in [0.15, 0.2) is 18.5 Å². The summed E-state index contributed by atoms with van der Waals surface area (Å²) in [6.07, 6.45) is 4.90. The summed E-state index contributed by atoms with van der Waals surface area (Å²) in [5.41, 5.74) is 2.10. The molecular formula is C15H21ClN4. The normalized spacial score (nSPS) is 20.3. The molecule has 1 unspecified atom stereocenters. The SMILES string of the molecule is CC(C)N1CCC(Cn2c(CCl)nc3cnccc32)C1. The van der Waals surface area contributed by atoms with Gasteiger partial charge in [-0.1, -0.05) is 0 Å². The summed E-state index contributed by atoms with van der Waals surface area (Å²) in [6, 6.07) is 2.67. The molecule has 0 aromatic carbocycles. The van der Waals surface area contributed by atoms with Crippen molar-refractivity contribution >= 4 is 22.6 Å². The van der Waals surface area contributed by atoms with Crippen LogP contribution in [0, 0.1) is 5.92 Å². The van der Waals surface area contributed by atoms with Crippen molar-refractivity contribution in [1.29, 1.82) is 0 Å². The Hall–Kier alpha value is -1.13. The highest BCUT2D eigenvalue weighted by molar-refractivity contribution is 6.16. The Balaban J connectivity index is 1.84. The highest BCUT2D eigenvalue weighted by atomic mass is 35.5. The average molecular weight is 293 g/mol. The first-order valence-electron chi connectivity index (χ1n) is 7.28. The second-order valence-corrected chi connectivity index (χ2v) is 6.15. The van der Waals surface area contributed by atoms with E-state index in [2.05, 4.69) is 33.3 Å². The van der Waals surface area contributed by atoms with Crippen LogP contribution in [0.2, 0.25) is 0 Å². The zero-order valence-electron chi connectivity index (χ0n) is 12.1. The third kappa shape index (κ3) is 2.54. The first-order valence-corrected chi connectivity index (χ1v) is 7.81. The number of alkyl halides is 1. The molecule has 3 heterocycles. The zero-order chi connectivity index (χ0) is 14.1. The van der Waals surface area contributed by atoms with Gasteiger partial charge >= 0.3 is 0 Å². The Morgan fingerprint density at radius 3 is 3.00 bits per heavy atom. The molecule has 0 spiro atoms. The number of rotatable bonds is 4. The number of hydrogen-bond acceptors (Lipinski definition) is 3. The van der Waals surface area contributed by atoms with E-state index in [-0.39, 0.29) is 0 Å². The van der Waals surface area contributed by atoms with Crippen LogP contribution in [0.4, 0.5) is 0 Å². The molecule has 1 aliphatic rings. The van der Waals surface area contributed by atoms with Crippen molar-refractivity contribution in [2.75, 3.05) is 13.1 Å². The Labute approximate surface area is 124 Å². The molecule has 2 aromatic heterocycles. The lowest BCUT2D eigenvalue weighted by atomic mass is 10.1. The van der Waals surface area contributed by atoms with Crippen molar-refractivity contribution < 1.29 is 0 Å². The minimum Gasteiger partial charge on any atom is -0.327 e. The van der Waals surface area contributed by atoms with Crippen LogP contribution in [-0.2, 0) is 12.4 Å². The minimum atomic E-state index is 0.454. The molecule has 2 aromatic rings. The summed E-state index contributed by atoms with van der Waals surface area (Å²) in [7, 11) is 0. The fourth-order valence-electron chi connectivity index (χ4n) is 3.08. The van der Waals surface area contributed by atoms with Crippen molar-refractivity contribution in [3.8, 4) is 0 Å². The zero-order valence-corrected chi connectivity index (χ0v) is 12.8. The highest BCUT2D eigenvalue weighted by Crippen LogP contribution is 2.24. The number of nitrogens with zero attached hydrogens (tertiary/aromatic N) is 4. The highest BCUT2D eigenvalue weighted by Gasteiger charge is 2.25. The van der Waals surface area contributed by atoms with Crippen molar-refractivity contribution in [3.05, 3.63) is 24.3 Å². The maximum atomic E-state index is 6.05. The van der Waals surface area contributed by atoms with Gasteiger partial charge in [0, 0.05) is 25.3 Å². The molecule has 0 bridgehead atoms. The van der Waals surface area contributed by atoms with Gasteiger partial charge in [-0.15, -0.1) is 11.6 Å². The quantitative estimate of drug-likeness (QED) is 0.813. The first-order chi connectivity index (χ1) is 9.69. The number of pyridine rings is 1. The van der Waals surface area contributed by atoms with E-state index in [1.807, 2.05) is 18.5 Å². The van der Waals surface area contributed by atoms with E-state index in [1.165, 1.54) is 19.5 Å². The smallest absolute Gasteiger partial charge is 0.124 e. The van der Waals surface area contributed by atoms with Crippen LogP contribution in [-0.4, -0.2) is 38.6 Å². The molecule has 0 amide bonds. The summed E-state index contributed by atoms with van der Waals surface area (Å²) < 4.78 is 2.28. The number of likely N-dealkylation sites (tertiary alicyclic amines) is 1. The molecule has 1 fully saturated rings. The largest absolute Gasteiger partial charge is 0.327 e. The maximum absolute atomic E-state index is 6.05. The van der Waals surface area contributed by atoms with Crippen molar-refractivity contribution in [1.82, 2.24) is 19.4 Å². The summed E-state index contributed by atoms with van der Waals surface area (Å²) in [5, 5.41) is 0. The van der Waals surface area contributed by atoms with E-state index in [9.17, 15) is 0 Å². The van der Waals surface area contributed by atoms with Gasteiger partial charge in [-0.25, -0.2) is 4.98 Å². The van der Waals surface area contributed by atoms with Gasteiger partial charge in [-0.3, -0.25) is 4.98 Å². The average Bonchev–Trinajstić information content (AvgIpc) is 3.04. The second kappa shape index (κ2) is 5.70. The van der Waals surface area contributed by atoms with Gasteiger partial charge in [0.1, 0.15) is 11.3 Å². The fraction of sp³-hybridized carbons (Fsp3) is 0.600. The predicted molar refractivity (Wildman–Crippen MR) is 81.9 cm³/mol. The van der Waals surface area contributed by atoms with Crippen LogP contribution in [0.25, 0.3) is 11.0 Å². The monoisotopic (exact) mass is 292 g/mol. The Bertz CT molecular complexity index is 593. The van der Waals surface area contributed by atoms with Crippen molar-refractivity contribution in [2.45, 2.75) is 38.7 Å². The Morgan fingerprint density at radius 1 is 1.45 bits per heavy atom. The molecule has 0 saturated carbocycles. The lowest BCUT2D eigenvalue weighted by Gasteiger charge is -2.20. The van der Waals surface area contributed by atoms with Crippen molar-refractivity contribution in [3.63, 3.8) is 0 Å². The molecule has 0 radical (unpaired) electrons. The Morgan fingerprint density at radius 2 is 2.30 bits per heavy atom. The topological polar surface area (TPSA) is 34.0 Å². The third-order valence-corrected chi connectivity index (χ3v) is 4.48. The molecule has 1 aliphatic heterocycles. The lowest BCUT2D eigenvalue weighted by molar-refractivity contribution is 0.261. The number of fused-ring (bicyclic) bond motifs is 1. The Kier molecular flexibility index (Phi) is 3.94. The number of aromatic nitrogens is 3. The third-order valence-electron chi connectivity index (χ3n) is 4.24. The second-order valence-electron chi connectivity index (χ2n) is 5.88. The van der Waals surface area contributed by atoms with Gasteiger partial charge in [0.25, 0.3) is 0 Å². The van der Waals surface area contributed by atoms with Gasteiger partial charge in [-0.2, -0.15) is 0 Å². The van der Waals surface area contributed by atoms with E-state index in [0.29, 0.717) is 17.8 Å². The van der Waals surface area contributed by atoms with Crippen LogP contribution in [0.5, 0.6) is 0 Å². The molecule has 1 atom stereocenters. The number of halogens is 1. The van der Waals surface area contributed by atoms with Crippen molar-refractivity contribution in [2.24, 2.45) is 5.92 Å². The van der Waals surface area contributed by atoms with E-state index in [4.69, 9.17) is 11.6 Å². The first kappa shape index (κ1) is 13.8. The van der Waals surface area contributed by atoms with Gasteiger partial charge in [0.15, 0.2) is 0 Å². The number of imidazole rings is 1. The van der Waals surface area contributed by atoms with Crippen LogP contribution < -0.4 is 0 Å². The molecule has 0 N–H and O–H groups in total. The van der Waals surface area contributed by atoms with Crippen LogP contribution >= 0.6 is 11.6 Å². The predicted octanol–water partition coefficient (Wildman–Crippen LogP) is 2.90. The molecule has 1 saturated heterocycles. The fourth-order valence-corrected chi connectivity index (χ4v) is 3.28.